The van der Waals surface area contributed by atoms with Gasteiger partial charge in [-0.2, -0.15) is 0 Å². The molecule has 0 rings (SSSR count). The van der Waals surface area contributed by atoms with Crippen molar-refractivity contribution in [1.29, 1.82) is 0 Å². The molecule has 0 spiro atoms. The lowest BCUT2D eigenvalue weighted by Gasteiger charge is -2.20. The number of carboxylic acid groups (broad SMARTS) is 2. The lowest BCUT2D eigenvalue weighted by atomic mass is 10.1. The van der Waals surface area contributed by atoms with Gasteiger partial charge in [0.1, 0.15) is 5.60 Å². The van der Waals surface area contributed by atoms with Crippen LogP contribution >= 0.6 is 0 Å². The van der Waals surface area contributed by atoms with Crippen LogP contribution in [0.2, 0.25) is 0 Å². The molecule has 0 aromatic carbocycles. The van der Waals surface area contributed by atoms with E-state index in [2.05, 4.69) is 0 Å². The summed E-state index contributed by atoms with van der Waals surface area (Å²) < 4.78 is 4.97. The number of hydrogen-bond acceptors (Lipinski definition) is 4. The summed E-state index contributed by atoms with van der Waals surface area (Å²) in [6.07, 6.45) is 0.186. The first kappa shape index (κ1) is 15.2. The van der Waals surface area contributed by atoms with Crippen LogP contribution in [0.3, 0.4) is 0 Å². The van der Waals surface area contributed by atoms with Crippen molar-refractivity contribution in [3.05, 3.63) is 11.6 Å². The summed E-state index contributed by atoms with van der Waals surface area (Å²) in [5, 5.41) is 17.0. The molecule has 0 heterocycles. The van der Waals surface area contributed by atoms with E-state index >= 15 is 0 Å². The number of hydrogen-bond donors (Lipinski definition) is 2. The largest absolute Gasteiger partial charge is 0.481 e. The van der Waals surface area contributed by atoms with Crippen molar-refractivity contribution in [1.82, 2.24) is 0 Å². The van der Waals surface area contributed by atoms with Gasteiger partial charge in [-0.25, -0.2) is 9.59 Å². The molecule has 0 radical (unpaired) electrons. The maximum Gasteiger partial charge on any atom is 0.334 e. The van der Waals surface area contributed by atoms with Gasteiger partial charge < -0.3 is 14.9 Å². The summed E-state index contributed by atoms with van der Waals surface area (Å²) in [5.41, 5.74) is -0.910. The predicted octanol–water partition coefficient (Wildman–Crippen LogP) is 1.20. The molecule has 0 bridgehead atoms. The molecule has 0 aliphatic rings. The molecule has 0 aliphatic heterocycles. The molecule has 6 nitrogen and oxygen atoms in total. The van der Waals surface area contributed by atoms with Crippen LogP contribution in [0, 0.1) is 0 Å². The fourth-order valence-corrected chi connectivity index (χ4v) is 0.967. The van der Waals surface area contributed by atoms with Gasteiger partial charge in [-0.3, -0.25) is 4.79 Å². The molecule has 0 amide bonds. The zero-order valence-electron chi connectivity index (χ0n) is 10.0. The Hall–Kier alpha value is -1.85. The van der Waals surface area contributed by atoms with Crippen LogP contribution in [0.4, 0.5) is 0 Å². The third kappa shape index (κ3) is 8.01. The first-order chi connectivity index (χ1) is 7.61. The molecule has 0 aliphatic carbocycles. The topological polar surface area (TPSA) is 101 Å². The van der Waals surface area contributed by atoms with E-state index in [9.17, 15) is 14.4 Å². The van der Waals surface area contributed by atoms with E-state index in [-0.39, 0.29) is 18.4 Å². The van der Waals surface area contributed by atoms with Gasteiger partial charge in [0.15, 0.2) is 0 Å². The smallest absolute Gasteiger partial charge is 0.334 e. The second-order valence-corrected chi connectivity index (χ2v) is 4.40. The zero-order chi connectivity index (χ0) is 13.6. The predicted molar refractivity (Wildman–Crippen MR) is 58.4 cm³/mol. The molecule has 2 N–H and O–H groups in total. The van der Waals surface area contributed by atoms with Gasteiger partial charge in [-0.1, -0.05) is 0 Å². The Labute approximate surface area is 98.9 Å². The summed E-state index contributed by atoms with van der Waals surface area (Å²) in [5.74, 6) is -3.22. The number of rotatable bonds is 5. The molecular formula is C11H16O6. The fraction of sp³-hybridized carbons (Fsp3) is 0.545. The Morgan fingerprint density at radius 3 is 2.00 bits per heavy atom. The summed E-state index contributed by atoms with van der Waals surface area (Å²) in [6.45, 7) is 4.92. The Morgan fingerprint density at radius 2 is 1.65 bits per heavy atom. The molecule has 0 saturated carbocycles. The van der Waals surface area contributed by atoms with Crippen LogP contribution in [0.1, 0.15) is 33.6 Å². The van der Waals surface area contributed by atoms with Crippen molar-refractivity contribution >= 4 is 17.9 Å². The average molecular weight is 244 g/mol. The number of aliphatic carboxylic acids is 2. The van der Waals surface area contributed by atoms with Crippen molar-refractivity contribution in [3.8, 4) is 0 Å². The minimum Gasteiger partial charge on any atom is -0.481 e. The maximum absolute atomic E-state index is 11.6. The minimum atomic E-state index is -1.31. The third-order valence-corrected chi connectivity index (χ3v) is 1.57. The second kappa shape index (κ2) is 6.03. The van der Waals surface area contributed by atoms with Gasteiger partial charge in [-0.05, 0) is 27.2 Å². The normalized spacial score (nSPS) is 12.1. The Balaban J connectivity index is 4.75. The van der Waals surface area contributed by atoms with Crippen molar-refractivity contribution < 1.29 is 29.3 Å². The lowest BCUT2D eigenvalue weighted by molar-refractivity contribution is -0.150. The van der Waals surface area contributed by atoms with E-state index in [1.165, 1.54) is 0 Å². The zero-order valence-corrected chi connectivity index (χ0v) is 10.0. The van der Waals surface area contributed by atoms with E-state index < -0.39 is 23.5 Å². The fourth-order valence-electron chi connectivity index (χ4n) is 0.967. The number of carbonyl (C=O) groups excluding carboxylic acids is 1. The van der Waals surface area contributed by atoms with Gasteiger partial charge in [0.2, 0.25) is 0 Å². The van der Waals surface area contributed by atoms with Crippen LogP contribution in [-0.4, -0.2) is 33.7 Å². The first-order valence-corrected chi connectivity index (χ1v) is 5.00. The molecule has 6 heteroatoms. The monoisotopic (exact) mass is 244 g/mol. The molecule has 0 aromatic heterocycles. The van der Waals surface area contributed by atoms with Gasteiger partial charge in [0.05, 0.1) is 0 Å². The average Bonchev–Trinajstić information content (AvgIpc) is 2.08. The highest BCUT2D eigenvalue weighted by atomic mass is 16.6. The molecule has 0 aromatic rings. The highest BCUT2D eigenvalue weighted by Crippen LogP contribution is 2.14. The van der Waals surface area contributed by atoms with Crippen molar-refractivity contribution in [3.63, 3.8) is 0 Å². The second-order valence-electron chi connectivity index (χ2n) is 4.40. The minimum absolute atomic E-state index is 0.158. The Kier molecular flexibility index (Phi) is 5.37. The van der Waals surface area contributed by atoms with Crippen LogP contribution in [0.5, 0.6) is 0 Å². The highest BCUT2D eigenvalue weighted by molar-refractivity contribution is 5.96. The third-order valence-electron chi connectivity index (χ3n) is 1.57. The molecular weight excluding hydrogens is 228 g/mol. The number of carboxylic acids is 2. The number of ether oxygens (including phenoxy) is 1. The number of carbonyl (C=O) groups is 3. The van der Waals surface area contributed by atoms with E-state index in [0.29, 0.717) is 6.08 Å². The van der Waals surface area contributed by atoms with Crippen molar-refractivity contribution in [2.45, 2.75) is 39.2 Å². The highest BCUT2D eigenvalue weighted by Gasteiger charge is 2.21. The SMILES string of the molecule is CC(C)(C)OC(=O)/C(=C/C(=O)O)CCC(=O)O. The van der Waals surface area contributed by atoms with Crippen LogP contribution < -0.4 is 0 Å². The quantitative estimate of drug-likeness (QED) is 0.556. The number of esters is 1. The van der Waals surface area contributed by atoms with E-state index in [1.54, 1.807) is 20.8 Å². The van der Waals surface area contributed by atoms with Crippen molar-refractivity contribution in [2.24, 2.45) is 0 Å². The summed E-state index contributed by atoms with van der Waals surface area (Å²) in [4.78, 5) is 32.4. The molecule has 17 heavy (non-hydrogen) atoms. The summed E-state index contributed by atoms with van der Waals surface area (Å²) in [7, 11) is 0. The van der Waals surface area contributed by atoms with Gasteiger partial charge in [0, 0.05) is 18.1 Å². The summed E-state index contributed by atoms with van der Waals surface area (Å²) in [6, 6.07) is 0. The Bertz CT molecular complexity index is 347. The van der Waals surface area contributed by atoms with Crippen LogP contribution in [-0.2, 0) is 19.1 Å². The van der Waals surface area contributed by atoms with Crippen LogP contribution in [0.15, 0.2) is 11.6 Å². The maximum atomic E-state index is 11.6. The van der Waals surface area contributed by atoms with E-state index in [0.717, 1.165) is 0 Å². The van der Waals surface area contributed by atoms with E-state index in [1.807, 2.05) is 0 Å². The lowest BCUT2D eigenvalue weighted by Crippen LogP contribution is -2.25. The molecule has 96 valence electrons. The van der Waals surface area contributed by atoms with Crippen LogP contribution in [0.25, 0.3) is 0 Å². The van der Waals surface area contributed by atoms with Gasteiger partial charge in [0.25, 0.3) is 0 Å². The Morgan fingerprint density at radius 1 is 1.12 bits per heavy atom. The molecule has 0 unspecified atom stereocenters. The first-order valence-electron chi connectivity index (χ1n) is 5.00. The van der Waals surface area contributed by atoms with E-state index in [4.69, 9.17) is 14.9 Å². The molecule has 0 fully saturated rings. The van der Waals surface area contributed by atoms with Gasteiger partial charge in [-0.15, -0.1) is 0 Å². The molecule has 0 saturated heterocycles. The van der Waals surface area contributed by atoms with Crippen molar-refractivity contribution in [2.75, 3.05) is 0 Å². The summed E-state index contributed by atoms with van der Waals surface area (Å²) >= 11 is 0. The molecule has 0 atom stereocenters. The standard InChI is InChI=1S/C11H16O6/c1-11(2,3)17-10(16)7(6-9(14)15)4-5-8(12)13/h6H,4-5H2,1-3H3,(H,12,13)(H,14,15)/b7-6+. The van der Waals surface area contributed by atoms with Gasteiger partial charge >= 0.3 is 17.9 Å².